The first-order chi connectivity index (χ1) is 16.8. The normalized spacial score (nSPS) is 13.5. The largest absolute Gasteiger partial charge is 0.473 e. The van der Waals surface area contributed by atoms with Crippen LogP contribution in [0.4, 0.5) is 5.82 Å². The Balaban J connectivity index is 1.41. The predicted octanol–water partition coefficient (Wildman–Crippen LogP) is 4.71. The maximum absolute atomic E-state index is 6.20. The number of nitrogens with zero attached hydrogens (tertiary/aromatic N) is 3. The van der Waals surface area contributed by atoms with E-state index in [1.165, 1.54) is 0 Å². The summed E-state index contributed by atoms with van der Waals surface area (Å²) in [4.78, 5) is 12.0. The first-order valence-electron chi connectivity index (χ1n) is 11.6. The third-order valence-corrected chi connectivity index (χ3v) is 5.73. The van der Waals surface area contributed by atoms with E-state index in [-0.39, 0.29) is 0 Å². The van der Waals surface area contributed by atoms with Gasteiger partial charge < -0.3 is 19.7 Å². The molecule has 0 spiro atoms. The van der Waals surface area contributed by atoms with Crippen LogP contribution in [0.1, 0.15) is 11.1 Å². The summed E-state index contributed by atoms with van der Waals surface area (Å²) in [5, 5.41) is 3.39. The lowest BCUT2D eigenvalue weighted by Gasteiger charge is -2.28. The van der Waals surface area contributed by atoms with Crippen LogP contribution in [0.25, 0.3) is 11.3 Å². The Morgan fingerprint density at radius 1 is 0.676 bits per heavy atom. The molecule has 1 N–H and O–H groups in total. The number of anilines is 1. The van der Waals surface area contributed by atoms with Crippen LogP contribution < -0.4 is 19.7 Å². The van der Waals surface area contributed by atoms with Gasteiger partial charge in [-0.15, -0.1) is 0 Å². The van der Waals surface area contributed by atoms with Crippen LogP contribution in [-0.2, 0) is 13.2 Å². The van der Waals surface area contributed by atoms with E-state index < -0.39 is 0 Å². The van der Waals surface area contributed by atoms with Crippen LogP contribution in [0.2, 0.25) is 0 Å². The molecule has 1 aliphatic rings. The lowest BCUT2D eigenvalue weighted by molar-refractivity contribution is 0.268. The van der Waals surface area contributed by atoms with Crippen molar-refractivity contribution in [1.82, 2.24) is 15.3 Å². The molecule has 0 amide bonds. The molecule has 1 fully saturated rings. The molecular formula is C28H28N4O2. The maximum atomic E-state index is 6.20. The molecule has 0 radical (unpaired) electrons. The maximum Gasteiger partial charge on any atom is 0.226 e. The van der Waals surface area contributed by atoms with Crippen molar-refractivity contribution in [3.63, 3.8) is 0 Å². The van der Waals surface area contributed by atoms with Gasteiger partial charge in [-0.05, 0) is 29.3 Å². The second-order valence-corrected chi connectivity index (χ2v) is 8.17. The van der Waals surface area contributed by atoms with Gasteiger partial charge in [0.15, 0.2) is 0 Å². The summed E-state index contributed by atoms with van der Waals surface area (Å²) in [7, 11) is 0. The first kappa shape index (κ1) is 21.9. The number of aromatic nitrogens is 2. The van der Waals surface area contributed by atoms with Crippen molar-refractivity contribution in [3.8, 4) is 23.0 Å². The van der Waals surface area contributed by atoms with Crippen molar-refractivity contribution >= 4 is 5.82 Å². The number of hydrogen-bond donors (Lipinski definition) is 1. The molecule has 6 heteroatoms. The van der Waals surface area contributed by atoms with Crippen LogP contribution in [0.5, 0.6) is 11.8 Å². The third kappa shape index (κ3) is 5.53. The van der Waals surface area contributed by atoms with Crippen LogP contribution in [-0.4, -0.2) is 36.1 Å². The lowest BCUT2D eigenvalue weighted by atomic mass is 10.1. The average Bonchev–Trinajstić information content (AvgIpc) is 2.92. The van der Waals surface area contributed by atoms with Crippen LogP contribution >= 0.6 is 0 Å². The smallest absolute Gasteiger partial charge is 0.226 e. The summed E-state index contributed by atoms with van der Waals surface area (Å²) in [6.45, 7) is 4.68. The summed E-state index contributed by atoms with van der Waals surface area (Å²) < 4.78 is 12.2. The van der Waals surface area contributed by atoms with E-state index in [0.717, 1.165) is 54.4 Å². The molecule has 4 aromatic rings. The van der Waals surface area contributed by atoms with E-state index >= 15 is 0 Å². The van der Waals surface area contributed by atoms with Crippen molar-refractivity contribution in [2.45, 2.75) is 13.2 Å². The minimum Gasteiger partial charge on any atom is -0.473 e. The number of hydrogen-bond acceptors (Lipinski definition) is 6. The standard InChI is InChI=1S/C28H28N4O2/c1-3-8-22(9-4-1)20-33-27-15-14-24(28(31-27)34-21-23-10-5-2-6-11-23)25-12-7-13-26(30-25)32-18-16-29-17-19-32/h1-15,29H,16-21H2. The Labute approximate surface area is 200 Å². The Morgan fingerprint density at radius 3 is 2.06 bits per heavy atom. The van der Waals surface area contributed by atoms with Crippen LogP contribution in [0.3, 0.4) is 0 Å². The van der Waals surface area contributed by atoms with Crippen molar-refractivity contribution in [2.75, 3.05) is 31.1 Å². The molecule has 0 saturated carbocycles. The molecule has 0 bridgehead atoms. The zero-order chi connectivity index (χ0) is 23.0. The minimum atomic E-state index is 0.417. The molecule has 1 aliphatic heterocycles. The van der Waals surface area contributed by atoms with Gasteiger partial charge in [-0.1, -0.05) is 66.7 Å². The zero-order valence-corrected chi connectivity index (χ0v) is 19.1. The fourth-order valence-corrected chi connectivity index (χ4v) is 3.91. The summed E-state index contributed by atoms with van der Waals surface area (Å²) in [6, 6.07) is 30.1. The average molecular weight is 453 g/mol. The quantitative estimate of drug-likeness (QED) is 0.418. The Morgan fingerprint density at radius 2 is 1.35 bits per heavy atom. The number of nitrogens with one attached hydrogen (secondary N) is 1. The summed E-state index contributed by atoms with van der Waals surface area (Å²) in [5.41, 5.74) is 3.85. The molecule has 2 aromatic heterocycles. The molecule has 0 unspecified atom stereocenters. The minimum absolute atomic E-state index is 0.417. The van der Waals surface area contributed by atoms with Gasteiger partial charge in [0.25, 0.3) is 0 Å². The predicted molar refractivity (Wildman–Crippen MR) is 134 cm³/mol. The molecule has 0 aliphatic carbocycles. The van der Waals surface area contributed by atoms with Crippen molar-refractivity contribution in [1.29, 1.82) is 0 Å². The van der Waals surface area contributed by atoms with Crippen molar-refractivity contribution in [3.05, 3.63) is 102 Å². The molecular weight excluding hydrogens is 424 g/mol. The summed E-state index contributed by atoms with van der Waals surface area (Å²) in [5.74, 6) is 2.01. The van der Waals surface area contributed by atoms with E-state index in [0.29, 0.717) is 25.0 Å². The van der Waals surface area contributed by atoms with Crippen LogP contribution in [0, 0.1) is 0 Å². The second-order valence-electron chi connectivity index (χ2n) is 8.17. The fourth-order valence-electron chi connectivity index (χ4n) is 3.91. The topological polar surface area (TPSA) is 59.5 Å². The molecule has 172 valence electrons. The molecule has 5 rings (SSSR count). The van der Waals surface area contributed by atoms with Gasteiger partial charge in [-0.25, -0.2) is 4.98 Å². The molecule has 2 aromatic carbocycles. The molecule has 0 atom stereocenters. The van der Waals surface area contributed by atoms with Crippen LogP contribution in [0.15, 0.2) is 91.0 Å². The highest BCUT2D eigenvalue weighted by molar-refractivity contribution is 5.67. The Kier molecular flexibility index (Phi) is 6.97. The second kappa shape index (κ2) is 10.8. The number of rotatable bonds is 8. The third-order valence-electron chi connectivity index (χ3n) is 5.73. The number of ether oxygens (including phenoxy) is 2. The van der Waals surface area contributed by atoms with Gasteiger partial charge in [-0.2, -0.15) is 4.98 Å². The monoisotopic (exact) mass is 452 g/mol. The first-order valence-corrected chi connectivity index (χ1v) is 11.6. The van der Waals surface area contributed by atoms with E-state index in [4.69, 9.17) is 19.4 Å². The van der Waals surface area contributed by atoms with Gasteiger partial charge in [-0.3, -0.25) is 0 Å². The number of benzene rings is 2. The molecule has 6 nitrogen and oxygen atoms in total. The number of pyridine rings is 2. The van der Waals surface area contributed by atoms with E-state index in [1.807, 2.05) is 84.9 Å². The molecule has 3 heterocycles. The highest BCUT2D eigenvalue weighted by atomic mass is 16.5. The number of piperazine rings is 1. The van der Waals surface area contributed by atoms with Gasteiger partial charge >= 0.3 is 0 Å². The Bertz CT molecular complexity index is 1200. The van der Waals surface area contributed by atoms with Crippen molar-refractivity contribution in [2.24, 2.45) is 0 Å². The SMILES string of the molecule is c1ccc(COc2ccc(-c3cccc(N4CCNCC4)n3)c(OCc3ccccc3)n2)cc1. The Hall–Kier alpha value is -3.90. The van der Waals surface area contributed by atoms with Gasteiger partial charge in [0.2, 0.25) is 11.8 Å². The summed E-state index contributed by atoms with van der Waals surface area (Å²) >= 11 is 0. The van der Waals surface area contributed by atoms with E-state index in [9.17, 15) is 0 Å². The van der Waals surface area contributed by atoms with E-state index in [2.05, 4.69) is 16.3 Å². The molecule has 1 saturated heterocycles. The van der Waals surface area contributed by atoms with Gasteiger partial charge in [0.05, 0.1) is 11.3 Å². The van der Waals surface area contributed by atoms with Gasteiger partial charge in [0, 0.05) is 32.2 Å². The zero-order valence-electron chi connectivity index (χ0n) is 19.1. The highest BCUT2D eigenvalue weighted by Gasteiger charge is 2.16. The van der Waals surface area contributed by atoms with E-state index in [1.54, 1.807) is 0 Å². The summed E-state index contributed by atoms with van der Waals surface area (Å²) in [6.07, 6.45) is 0. The fraction of sp³-hybridized carbons (Fsp3) is 0.214. The van der Waals surface area contributed by atoms with Gasteiger partial charge in [0.1, 0.15) is 19.0 Å². The molecule has 34 heavy (non-hydrogen) atoms. The lowest BCUT2D eigenvalue weighted by Crippen LogP contribution is -2.43. The highest BCUT2D eigenvalue weighted by Crippen LogP contribution is 2.31. The van der Waals surface area contributed by atoms with Crippen molar-refractivity contribution < 1.29 is 9.47 Å².